The van der Waals surface area contributed by atoms with E-state index in [9.17, 15) is 14.7 Å². The van der Waals surface area contributed by atoms with Gasteiger partial charge in [0.25, 0.3) is 0 Å². The van der Waals surface area contributed by atoms with Gasteiger partial charge in [0.1, 0.15) is 0 Å². The summed E-state index contributed by atoms with van der Waals surface area (Å²) in [6.45, 7) is 2.73. The van der Waals surface area contributed by atoms with E-state index in [-0.39, 0.29) is 11.8 Å². The largest absolute Gasteiger partial charge is 0.481 e. The molecule has 0 saturated heterocycles. The molecule has 2 rings (SSSR count). The lowest BCUT2D eigenvalue weighted by molar-refractivity contribution is -0.153. The number of carboxylic acids is 1. The topological polar surface area (TPSA) is 57.6 Å². The Balaban J connectivity index is 2.07. The molecule has 0 radical (unpaired) electrons. The molecule has 2 saturated carbocycles. The SMILES string of the molecule is CCN(C(=O)C1CCCCC1C(=O)O)C1CCCCC1. The molecule has 20 heavy (non-hydrogen) atoms. The first-order valence-electron chi connectivity index (χ1n) is 8.18. The van der Waals surface area contributed by atoms with E-state index in [1.807, 2.05) is 11.8 Å². The Morgan fingerprint density at radius 2 is 1.50 bits per heavy atom. The fourth-order valence-corrected chi connectivity index (χ4v) is 3.92. The third-order valence-electron chi connectivity index (χ3n) is 5.04. The third kappa shape index (κ3) is 3.33. The maximum atomic E-state index is 12.8. The highest BCUT2D eigenvalue weighted by molar-refractivity contribution is 5.85. The number of aliphatic carboxylic acids is 1. The average molecular weight is 281 g/mol. The van der Waals surface area contributed by atoms with Gasteiger partial charge in [0.2, 0.25) is 5.91 Å². The molecule has 0 aliphatic heterocycles. The summed E-state index contributed by atoms with van der Waals surface area (Å²) in [7, 11) is 0. The molecule has 2 aliphatic rings. The molecule has 1 amide bonds. The van der Waals surface area contributed by atoms with Crippen LogP contribution in [0.25, 0.3) is 0 Å². The summed E-state index contributed by atoms with van der Waals surface area (Å²) in [5, 5.41) is 9.35. The van der Waals surface area contributed by atoms with Crippen molar-refractivity contribution in [1.29, 1.82) is 0 Å². The van der Waals surface area contributed by atoms with E-state index in [4.69, 9.17) is 0 Å². The Labute approximate surface area is 121 Å². The second-order valence-electron chi connectivity index (χ2n) is 6.25. The zero-order valence-electron chi connectivity index (χ0n) is 12.5. The Morgan fingerprint density at radius 3 is 2.05 bits per heavy atom. The predicted molar refractivity (Wildman–Crippen MR) is 77.3 cm³/mol. The second-order valence-corrected chi connectivity index (χ2v) is 6.25. The van der Waals surface area contributed by atoms with E-state index < -0.39 is 11.9 Å². The molecule has 2 unspecified atom stereocenters. The van der Waals surface area contributed by atoms with Crippen LogP contribution in [0, 0.1) is 11.8 Å². The smallest absolute Gasteiger partial charge is 0.307 e. The molecule has 0 aromatic heterocycles. The van der Waals surface area contributed by atoms with Crippen LogP contribution in [0.5, 0.6) is 0 Å². The van der Waals surface area contributed by atoms with Crippen LogP contribution < -0.4 is 0 Å². The quantitative estimate of drug-likeness (QED) is 0.861. The van der Waals surface area contributed by atoms with Crippen molar-refractivity contribution in [2.45, 2.75) is 70.8 Å². The van der Waals surface area contributed by atoms with Gasteiger partial charge in [-0.3, -0.25) is 9.59 Å². The first kappa shape index (κ1) is 15.3. The van der Waals surface area contributed by atoms with Crippen molar-refractivity contribution in [1.82, 2.24) is 4.90 Å². The Bertz CT molecular complexity index is 350. The van der Waals surface area contributed by atoms with Crippen LogP contribution >= 0.6 is 0 Å². The molecule has 4 heteroatoms. The van der Waals surface area contributed by atoms with Crippen LogP contribution in [-0.2, 0) is 9.59 Å². The van der Waals surface area contributed by atoms with Crippen molar-refractivity contribution in [2.75, 3.05) is 6.54 Å². The summed E-state index contributed by atoms with van der Waals surface area (Å²) < 4.78 is 0. The fourth-order valence-electron chi connectivity index (χ4n) is 3.92. The molecule has 0 spiro atoms. The highest BCUT2D eigenvalue weighted by atomic mass is 16.4. The summed E-state index contributed by atoms with van der Waals surface area (Å²) in [5.41, 5.74) is 0. The molecule has 2 aliphatic carbocycles. The molecular formula is C16H27NO3. The van der Waals surface area contributed by atoms with Gasteiger partial charge in [0, 0.05) is 12.6 Å². The summed E-state index contributed by atoms with van der Waals surface area (Å²) in [5.74, 6) is -1.44. The minimum atomic E-state index is -0.789. The van der Waals surface area contributed by atoms with Gasteiger partial charge in [0.05, 0.1) is 11.8 Å². The molecule has 2 fully saturated rings. The van der Waals surface area contributed by atoms with E-state index in [0.29, 0.717) is 19.0 Å². The number of carbonyl (C=O) groups excluding carboxylic acids is 1. The van der Waals surface area contributed by atoms with Gasteiger partial charge in [0.15, 0.2) is 0 Å². The molecule has 114 valence electrons. The third-order valence-corrected chi connectivity index (χ3v) is 5.04. The van der Waals surface area contributed by atoms with Crippen LogP contribution in [0.4, 0.5) is 0 Å². The van der Waals surface area contributed by atoms with Crippen LogP contribution in [0.1, 0.15) is 64.7 Å². The van der Waals surface area contributed by atoms with E-state index in [2.05, 4.69) is 0 Å². The normalized spacial score (nSPS) is 28.1. The van der Waals surface area contributed by atoms with Crippen molar-refractivity contribution >= 4 is 11.9 Å². The monoisotopic (exact) mass is 281 g/mol. The van der Waals surface area contributed by atoms with Gasteiger partial charge < -0.3 is 10.0 Å². The van der Waals surface area contributed by atoms with Crippen LogP contribution in [0.15, 0.2) is 0 Å². The molecule has 0 aromatic rings. The van der Waals surface area contributed by atoms with Crippen LogP contribution in [0.2, 0.25) is 0 Å². The fraction of sp³-hybridized carbons (Fsp3) is 0.875. The minimum absolute atomic E-state index is 0.103. The van der Waals surface area contributed by atoms with Crippen molar-refractivity contribution < 1.29 is 14.7 Å². The molecule has 0 heterocycles. The van der Waals surface area contributed by atoms with Gasteiger partial charge in [-0.25, -0.2) is 0 Å². The van der Waals surface area contributed by atoms with E-state index >= 15 is 0 Å². The van der Waals surface area contributed by atoms with Gasteiger partial charge in [-0.2, -0.15) is 0 Å². The Hall–Kier alpha value is -1.06. The van der Waals surface area contributed by atoms with Crippen molar-refractivity contribution in [3.05, 3.63) is 0 Å². The molecule has 1 N–H and O–H groups in total. The number of amides is 1. The lowest BCUT2D eigenvalue weighted by Crippen LogP contribution is -2.47. The van der Waals surface area contributed by atoms with E-state index in [1.54, 1.807) is 0 Å². The van der Waals surface area contributed by atoms with E-state index in [0.717, 1.165) is 32.1 Å². The Morgan fingerprint density at radius 1 is 0.950 bits per heavy atom. The van der Waals surface area contributed by atoms with Gasteiger partial charge in [-0.1, -0.05) is 32.1 Å². The Kier molecular flexibility index (Phi) is 5.44. The van der Waals surface area contributed by atoms with Crippen molar-refractivity contribution in [3.8, 4) is 0 Å². The van der Waals surface area contributed by atoms with Crippen LogP contribution in [-0.4, -0.2) is 34.5 Å². The summed E-state index contributed by atoms with van der Waals surface area (Å²) in [6.07, 6.45) is 9.17. The highest BCUT2D eigenvalue weighted by Gasteiger charge is 2.39. The van der Waals surface area contributed by atoms with Gasteiger partial charge >= 0.3 is 5.97 Å². The zero-order chi connectivity index (χ0) is 14.5. The lowest BCUT2D eigenvalue weighted by atomic mass is 9.78. The zero-order valence-corrected chi connectivity index (χ0v) is 12.5. The van der Waals surface area contributed by atoms with Gasteiger partial charge in [-0.05, 0) is 32.6 Å². The number of hydrogen-bond donors (Lipinski definition) is 1. The predicted octanol–water partition coefficient (Wildman–Crippen LogP) is 3.06. The lowest BCUT2D eigenvalue weighted by Gasteiger charge is -2.38. The molecule has 2 atom stereocenters. The highest BCUT2D eigenvalue weighted by Crippen LogP contribution is 2.33. The number of rotatable bonds is 4. The summed E-state index contributed by atoms with van der Waals surface area (Å²) in [4.78, 5) is 26.2. The molecule has 0 bridgehead atoms. The number of carbonyl (C=O) groups is 2. The number of nitrogens with zero attached hydrogens (tertiary/aromatic N) is 1. The number of hydrogen-bond acceptors (Lipinski definition) is 2. The average Bonchev–Trinajstić information content (AvgIpc) is 2.49. The van der Waals surface area contributed by atoms with E-state index in [1.165, 1.54) is 19.3 Å². The summed E-state index contributed by atoms with van der Waals surface area (Å²) in [6, 6.07) is 0.345. The summed E-state index contributed by atoms with van der Waals surface area (Å²) >= 11 is 0. The molecule has 4 nitrogen and oxygen atoms in total. The first-order chi connectivity index (χ1) is 9.65. The first-order valence-corrected chi connectivity index (χ1v) is 8.18. The van der Waals surface area contributed by atoms with Crippen LogP contribution in [0.3, 0.4) is 0 Å². The van der Waals surface area contributed by atoms with Crippen molar-refractivity contribution in [2.24, 2.45) is 11.8 Å². The molecule has 0 aromatic carbocycles. The van der Waals surface area contributed by atoms with Gasteiger partial charge in [-0.15, -0.1) is 0 Å². The minimum Gasteiger partial charge on any atom is -0.481 e. The van der Waals surface area contributed by atoms with Crippen molar-refractivity contribution in [3.63, 3.8) is 0 Å². The maximum Gasteiger partial charge on any atom is 0.307 e. The standard InChI is InChI=1S/C16H27NO3/c1-2-17(12-8-4-3-5-9-12)15(18)13-10-6-7-11-14(13)16(19)20/h12-14H,2-11H2,1H3,(H,19,20). The maximum absolute atomic E-state index is 12.8. The second kappa shape index (κ2) is 7.09. The molecular weight excluding hydrogens is 254 g/mol. The number of carboxylic acid groups (broad SMARTS) is 1.